The van der Waals surface area contributed by atoms with Gasteiger partial charge in [-0.15, -0.1) is 11.3 Å². The van der Waals surface area contributed by atoms with Gasteiger partial charge in [-0.3, -0.25) is 9.69 Å². The number of thiazole rings is 1. The first-order valence-corrected chi connectivity index (χ1v) is 8.46. The summed E-state index contributed by atoms with van der Waals surface area (Å²) in [6.07, 6.45) is 0. The number of nitrogens with zero attached hydrogens (tertiary/aromatic N) is 2. The number of carbonyl (C=O) groups excluding carboxylic acids is 1. The first-order chi connectivity index (χ1) is 10.9. The maximum atomic E-state index is 12.5. The van der Waals surface area contributed by atoms with Crippen LogP contribution in [0.15, 0.2) is 23.0 Å². The van der Waals surface area contributed by atoms with E-state index in [9.17, 15) is 4.79 Å². The summed E-state index contributed by atoms with van der Waals surface area (Å²) in [5, 5.41) is 5.49. The topological polar surface area (TPSA) is 54.5 Å². The van der Waals surface area contributed by atoms with Crippen molar-refractivity contribution in [3.63, 3.8) is 0 Å². The van der Waals surface area contributed by atoms with Gasteiger partial charge in [0.1, 0.15) is 5.75 Å². The maximum absolute atomic E-state index is 12.5. The van der Waals surface area contributed by atoms with E-state index in [2.05, 4.69) is 10.3 Å². The molecule has 0 bridgehead atoms. The van der Waals surface area contributed by atoms with E-state index in [-0.39, 0.29) is 11.9 Å². The lowest BCUT2D eigenvalue weighted by atomic mass is 10.2. The summed E-state index contributed by atoms with van der Waals surface area (Å²) in [5.41, 5.74) is 4.24. The molecular formula is C16H20ClN3O2S. The Morgan fingerprint density at radius 2 is 2.26 bits per heavy atom. The van der Waals surface area contributed by atoms with E-state index in [0.717, 1.165) is 11.3 Å². The fourth-order valence-electron chi connectivity index (χ4n) is 2.08. The molecule has 0 aliphatic carbocycles. The molecule has 0 saturated carbocycles. The highest BCUT2D eigenvalue weighted by Gasteiger charge is 2.20. The summed E-state index contributed by atoms with van der Waals surface area (Å²) in [7, 11) is 3.45. The first-order valence-electron chi connectivity index (χ1n) is 7.14. The molecule has 2 aromatic rings. The van der Waals surface area contributed by atoms with Crippen LogP contribution in [0.1, 0.15) is 18.2 Å². The molecule has 1 atom stereocenters. The van der Waals surface area contributed by atoms with E-state index >= 15 is 0 Å². The van der Waals surface area contributed by atoms with Gasteiger partial charge >= 0.3 is 0 Å². The average Bonchev–Trinajstić information content (AvgIpc) is 3.02. The summed E-state index contributed by atoms with van der Waals surface area (Å²) in [4.78, 5) is 18.7. The van der Waals surface area contributed by atoms with Crippen molar-refractivity contribution >= 4 is 34.5 Å². The lowest BCUT2D eigenvalue weighted by Crippen LogP contribution is -2.39. The minimum atomic E-state index is -0.308. The van der Waals surface area contributed by atoms with Crippen molar-refractivity contribution in [1.29, 1.82) is 0 Å². The highest BCUT2D eigenvalue weighted by Crippen LogP contribution is 2.31. The summed E-state index contributed by atoms with van der Waals surface area (Å²) < 4.78 is 5.29. The molecule has 7 heteroatoms. The first kappa shape index (κ1) is 17.7. The van der Waals surface area contributed by atoms with Crippen molar-refractivity contribution in [3.05, 3.63) is 39.3 Å². The number of amides is 1. The number of halogens is 1. The Morgan fingerprint density at radius 3 is 2.87 bits per heavy atom. The van der Waals surface area contributed by atoms with E-state index in [1.165, 1.54) is 0 Å². The van der Waals surface area contributed by atoms with Gasteiger partial charge in [0.15, 0.2) is 0 Å². The monoisotopic (exact) mass is 353 g/mol. The molecule has 1 amide bonds. The number of likely N-dealkylation sites (N-methyl/N-ethyl adjacent to an activating group) is 1. The molecular weight excluding hydrogens is 334 g/mol. The third kappa shape index (κ3) is 4.43. The molecule has 0 radical (unpaired) electrons. The number of aromatic nitrogens is 1. The fraction of sp³-hybridized carbons (Fsp3) is 0.375. The zero-order valence-corrected chi connectivity index (χ0v) is 15.2. The number of ether oxygens (including phenoxy) is 1. The van der Waals surface area contributed by atoms with Crippen molar-refractivity contribution < 1.29 is 9.53 Å². The SMILES string of the molecule is COc1cc(Cl)c(C)cc1NC(=O)[C@H](C)N(C)Cc1cscn1. The number of anilines is 1. The van der Waals surface area contributed by atoms with Crippen LogP contribution in [0.5, 0.6) is 5.75 Å². The number of methoxy groups -OCH3 is 1. The Bertz CT molecular complexity index is 676. The third-order valence-corrected chi connectivity index (χ3v) is 4.72. The predicted octanol–water partition coefficient (Wildman–Crippen LogP) is 3.57. The number of benzene rings is 1. The molecule has 0 spiro atoms. The van der Waals surface area contributed by atoms with Gasteiger partial charge in [0, 0.05) is 23.0 Å². The second-order valence-electron chi connectivity index (χ2n) is 5.36. The van der Waals surface area contributed by atoms with Crippen LogP contribution in [0, 0.1) is 6.92 Å². The average molecular weight is 354 g/mol. The molecule has 1 heterocycles. The molecule has 0 aliphatic heterocycles. The zero-order chi connectivity index (χ0) is 17.0. The number of hydrogen-bond acceptors (Lipinski definition) is 5. The van der Waals surface area contributed by atoms with Gasteiger partial charge in [-0.25, -0.2) is 4.98 Å². The minimum Gasteiger partial charge on any atom is -0.495 e. The summed E-state index contributed by atoms with van der Waals surface area (Å²) in [6, 6.07) is 3.21. The molecule has 0 saturated heterocycles. The molecule has 2 rings (SSSR count). The van der Waals surface area contributed by atoms with Crippen LogP contribution in [0.2, 0.25) is 5.02 Å². The number of aryl methyl sites for hydroxylation is 1. The molecule has 0 aliphatic rings. The Balaban J connectivity index is 2.07. The van der Waals surface area contributed by atoms with E-state index in [1.54, 1.807) is 30.0 Å². The predicted molar refractivity (Wildman–Crippen MR) is 94.4 cm³/mol. The summed E-state index contributed by atoms with van der Waals surface area (Å²) >= 11 is 7.63. The van der Waals surface area contributed by atoms with Crippen molar-refractivity contribution in [1.82, 2.24) is 9.88 Å². The van der Waals surface area contributed by atoms with Gasteiger partial charge in [-0.1, -0.05) is 11.6 Å². The second-order valence-corrected chi connectivity index (χ2v) is 6.49. The van der Waals surface area contributed by atoms with E-state index in [1.807, 2.05) is 37.2 Å². The largest absolute Gasteiger partial charge is 0.495 e. The van der Waals surface area contributed by atoms with Gasteiger partial charge in [0.2, 0.25) is 5.91 Å². The van der Waals surface area contributed by atoms with E-state index < -0.39 is 0 Å². The maximum Gasteiger partial charge on any atom is 0.241 e. The molecule has 1 aromatic carbocycles. The normalized spacial score (nSPS) is 12.3. The van der Waals surface area contributed by atoms with Crippen LogP contribution < -0.4 is 10.1 Å². The molecule has 1 N–H and O–H groups in total. The number of carbonyl (C=O) groups is 1. The quantitative estimate of drug-likeness (QED) is 0.862. The van der Waals surface area contributed by atoms with Gasteiger partial charge < -0.3 is 10.1 Å². The van der Waals surface area contributed by atoms with Crippen molar-refractivity contribution in [2.45, 2.75) is 26.4 Å². The molecule has 5 nitrogen and oxygen atoms in total. The number of rotatable bonds is 6. The van der Waals surface area contributed by atoms with Crippen LogP contribution in [-0.2, 0) is 11.3 Å². The Kier molecular flexibility index (Phi) is 5.98. The van der Waals surface area contributed by atoms with Crippen LogP contribution in [0.4, 0.5) is 5.69 Å². The van der Waals surface area contributed by atoms with Gasteiger partial charge in [0.25, 0.3) is 0 Å². The van der Waals surface area contributed by atoms with Crippen LogP contribution in [0.3, 0.4) is 0 Å². The van der Waals surface area contributed by atoms with Crippen LogP contribution in [0.25, 0.3) is 0 Å². The highest BCUT2D eigenvalue weighted by molar-refractivity contribution is 7.07. The standard InChI is InChI=1S/C16H20ClN3O2S/c1-10-5-14(15(22-4)6-13(10)17)19-16(21)11(2)20(3)7-12-8-23-9-18-12/h5-6,8-9,11H,7H2,1-4H3,(H,19,21)/t11-/m0/s1. The Labute approximate surface area is 145 Å². The smallest absolute Gasteiger partial charge is 0.241 e. The summed E-state index contributed by atoms with van der Waals surface area (Å²) in [6.45, 7) is 4.36. The van der Waals surface area contributed by atoms with Crippen molar-refractivity contribution in [2.24, 2.45) is 0 Å². The Morgan fingerprint density at radius 1 is 1.52 bits per heavy atom. The number of nitrogens with one attached hydrogen (secondary N) is 1. The fourth-order valence-corrected chi connectivity index (χ4v) is 2.78. The van der Waals surface area contributed by atoms with Gasteiger partial charge in [-0.2, -0.15) is 0 Å². The van der Waals surface area contributed by atoms with Crippen LogP contribution >= 0.6 is 22.9 Å². The van der Waals surface area contributed by atoms with E-state index in [0.29, 0.717) is 23.0 Å². The molecule has 23 heavy (non-hydrogen) atoms. The Hall–Kier alpha value is -1.63. The van der Waals surface area contributed by atoms with E-state index in [4.69, 9.17) is 16.3 Å². The van der Waals surface area contributed by atoms with Crippen LogP contribution in [-0.4, -0.2) is 36.0 Å². The molecule has 0 fully saturated rings. The van der Waals surface area contributed by atoms with Gasteiger partial charge in [-0.05, 0) is 32.5 Å². The van der Waals surface area contributed by atoms with Gasteiger partial charge in [0.05, 0.1) is 30.0 Å². The zero-order valence-electron chi connectivity index (χ0n) is 13.6. The highest BCUT2D eigenvalue weighted by atomic mass is 35.5. The van der Waals surface area contributed by atoms with Crippen molar-refractivity contribution in [3.8, 4) is 5.75 Å². The second kappa shape index (κ2) is 7.77. The van der Waals surface area contributed by atoms with Crippen molar-refractivity contribution in [2.75, 3.05) is 19.5 Å². The minimum absolute atomic E-state index is 0.109. The molecule has 0 unspecified atom stereocenters. The lowest BCUT2D eigenvalue weighted by molar-refractivity contribution is -0.120. The lowest BCUT2D eigenvalue weighted by Gasteiger charge is -2.23. The number of hydrogen-bond donors (Lipinski definition) is 1. The third-order valence-electron chi connectivity index (χ3n) is 3.67. The molecule has 124 valence electrons. The summed E-state index contributed by atoms with van der Waals surface area (Å²) in [5.74, 6) is 0.436. The molecule has 1 aromatic heterocycles.